The highest BCUT2D eigenvalue weighted by Crippen LogP contribution is 2.18. The minimum Gasteiger partial charge on any atom is -0.444 e. The lowest BCUT2D eigenvalue weighted by atomic mass is 10.1. The smallest absolute Gasteiger partial charge is 0.181 e. The van der Waals surface area contributed by atoms with Crippen LogP contribution in [0.1, 0.15) is 5.56 Å². The third-order valence-corrected chi connectivity index (χ3v) is 1.85. The minimum atomic E-state index is 0.0662. The molecule has 1 aromatic heterocycles. The summed E-state index contributed by atoms with van der Waals surface area (Å²) in [6, 6.07) is 7.51. The van der Waals surface area contributed by atoms with Crippen molar-refractivity contribution in [3.05, 3.63) is 42.4 Å². The van der Waals surface area contributed by atoms with Crippen LogP contribution in [-0.4, -0.2) is 10.1 Å². The molecular weight excluding hydrogens is 166 g/mol. The highest BCUT2D eigenvalue weighted by atomic mass is 16.3. The Kier molecular flexibility index (Phi) is 2.10. The molecule has 0 aliphatic rings. The number of aliphatic hydroxyl groups excluding tert-OH is 1. The number of rotatable bonds is 2. The molecule has 2 rings (SSSR count). The summed E-state index contributed by atoms with van der Waals surface area (Å²) in [6.45, 7) is 0.0662. The zero-order chi connectivity index (χ0) is 9.10. The van der Waals surface area contributed by atoms with Crippen LogP contribution in [0.15, 0.2) is 41.3 Å². The van der Waals surface area contributed by atoms with Crippen LogP contribution in [0.3, 0.4) is 0 Å². The van der Waals surface area contributed by atoms with Gasteiger partial charge in [-0.1, -0.05) is 24.3 Å². The summed E-state index contributed by atoms with van der Waals surface area (Å²) in [5.41, 5.74) is 1.86. The lowest BCUT2D eigenvalue weighted by Crippen LogP contribution is -1.81. The van der Waals surface area contributed by atoms with Crippen LogP contribution in [0.4, 0.5) is 0 Å². The third-order valence-electron chi connectivity index (χ3n) is 1.85. The quantitative estimate of drug-likeness (QED) is 0.757. The van der Waals surface area contributed by atoms with Crippen molar-refractivity contribution in [2.45, 2.75) is 6.61 Å². The van der Waals surface area contributed by atoms with Gasteiger partial charge in [0.2, 0.25) is 0 Å². The van der Waals surface area contributed by atoms with E-state index >= 15 is 0 Å². The first kappa shape index (κ1) is 8.01. The molecule has 0 aliphatic carbocycles. The van der Waals surface area contributed by atoms with Gasteiger partial charge in [0.05, 0.1) is 12.8 Å². The topological polar surface area (TPSA) is 46.3 Å². The number of oxazole rings is 1. The molecule has 13 heavy (non-hydrogen) atoms. The van der Waals surface area contributed by atoms with Gasteiger partial charge in [-0.25, -0.2) is 4.98 Å². The monoisotopic (exact) mass is 175 g/mol. The summed E-state index contributed by atoms with van der Waals surface area (Å²) in [4.78, 5) is 3.83. The molecule has 1 heterocycles. The Bertz CT molecular complexity index is 364. The molecule has 0 radical (unpaired) electrons. The molecule has 0 amide bonds. The van der Waals surface area contributed by atoms with Gasteiger partial charge in [0.15, 0.2) is 12.2 Å². The summed E-state index contributed by atoms with van der Waals surface area (Å²) in [7, 11) is 0. The van der Waals surface area contributed by atoms with Gasteiger partial charge >= 0.3 is 0 Å². The second-order valence-corrected chi connectivity index (χ2v) is 2.72. The van der Waals surface area contributed by atoms with Crippen molar-refractivity contribution < 1.29 is 9.52 Å². The van der Waals surface area contributed by atoms with Gasteiger partial charge in [-0.05, 0) is 5.56 Å². The molecule has 66 valence electrons. The Morgan fingerprint density at radius 2 is 2.00 bits per heavy atom. The molecule has 1 aromatic carbocycles. The fourth-order valence-corrected chi connectivity index (χ4v) is 1.13. The largest absolute Gasteiger partial charge is 0.444 e. The van der Waals surface area contributed by atoms with Crippen molar-refractivity contribution in [2.24, 2.45) is 0 Å². The highest BCUT2D eigenvalue weighted by Gasteiger charge is 1.99. The van der Waals surface area contributed by atoms with Crippen LogP contribution in [0.25, 0.3) is 11.3 Å². The molecule has 1 N–H and O–H groups in total. The van der Waals surface area contributed by atoms with E-state index in [2.05, 4.69) is 4.98 Å². The van der Waals surface area contributed by atoms with Gasteiger partial charge in [-0.15, -0.1) is 0 Å². The van der Waals surface area contributed by atoms with E-state index in [-0.39, 0.29) is 6.61 Å². The van der Waals surface area contributed by atoms with E-state index < -0.39 is 0 Å². The van der Waals surface area contributed by atoms with Crippen LogP contribution in [0.2, 0.25) is 0 Å². The normalized spacial score (nSPS) is 10.2. The Hall–Kier alpha value is -1.61. The second kappa shape index (κ2) is 3.41. The van der Waals surface area contributed by atoms with Crippen molar-refractivity contribution in [1.82, 2.24) is 4.98 Å². The van der Waals surface area contributed by atoms with E-state index in [0.717, 1.165) is 16.9 Å². The Morgan fingerprint density at radius 3 is 2.54 bits per heavy atom. The molecule has 0 spiro atoms. The molecule has 0 fully saturated rings. The van der Waals surface area contributed by atoms with Gasteiger partial charge in [0, 0.05) is 5.56 Å². The molecule has 0 saturated carbocycles. The average molecular weight is 175 g/mol. The Morgan fingerprint density at radius 1 is 1.23 bits per heavy atom. The number of hydrogen-bond donors (Lipinski definition) is 1. The van der Waals surface area contributed by atoms with Crippen LogP contribution in [-0.2, 0) is 6.61 Å². The third kappa shape index (κ3) is 1.60. The second-order valence-electron chi connectivity index (χ2n) is 2.72. The SMILES string of the molecule is OCc1ccc(-c2cnco2)cc1. The zero-order valence-corrected chi connectivity index (χ0v) is 6.97. The first-order valence-electron chi connectivity index (χ1n) is 3.99. The Balaban J connectivity index is 2.33. The fraction of sp³-hybridized carbons (Fsp3) is 0.100. The molecule has 0 atom stereocenters. The number of aliphatic hydroxyl groups is 1. The lowest BCUT2D eigenvalue weighted by Gasteiger charge is -1.97. The predicted octanol–water partition coefficient (Wildman–Crippen LogP) is 1.83. The van der Waals surface area contributed by atoms with Crippen molar-refractivity contribution in [1.29, 1.82) is 0 Å². The van der Waals surface area contributed by atoms with E-state index in [0.29, 0.717) is 0 Å². The van der Waals surface area contributed by atoms with E-state index in [4.69, 9.17) is 9.52 Å². The fourth-order valence-electron chi connectivity index (χ4n) is 1.13. The first-order valence-corrected chi connectivity index (χ1v) is 3.99. The number of benzene rings is 1. The molecule has 0 saturated heterocycles. The lowest BCUT2D eigenvalue weighted by molar-refractivity contribution is 0.282. The standard InChI is InChI=1S/C10H9NO2/c12-6-8-1-3-9(4-2-8)10-5-11-7-13-10/h1-5,7,12H,6H2. The minimum absolute atomic E-state index is 0.0662. The maximum absolute atomic E-state index is 8.82. The zero-order valence-electron chi connectivity index (χ0n) is 6.97. The van der Waals surface area contributed by atoms with Gasteiger partial charge in [0.1, 0.15) is 0 Å². The summed E-state index contributed by atoms with van der Waals surface area (Å²) in [5.74, 6) is 0.740. The van der Waals surface area contributed by atoms with Gasteiger partial charge < -0.3 is 9.52 Å². The maximum atomic E-state index is 8.82. The summed E-state index contributed by atoms with van der Waals surface area (Å²) in [5, 5.41) is 8.82. The molecule has 3 nitrogen and oxygen atoms in total. The van der Waals surface area contributed by atoms with E-state index in [1.807, 2.05) is 24.3 Å². The van der Waals surface area contributed by atoms with Crippen molar-refractivity contribution in [2.75, 3.05) is 0 Å². The van der Waals surface area contributed by atoms with Crippen molar-refractivity contribution >= 4 is 0 Å². The summed E-state index contributed by atoms with van der Waals surface area (Å²) < 4.78 is 5.12. The number of aromatic nitrogens is 1. The van der Waals surface area contributed by atoms with Crippen molar-refractivity contribution in [3.63, 3.8) is 0 Å². The summed E-state index contributed by atoms with van der Waals surface area (Å²) in [6.07, 6.45) is 3.06. The highest BCUT2D eigenvalue weighted by molar-refractivity contribution is 5.56. The molecule has 3 heteroatoms. The molecular formula is C10H9NO2. The van der Waals surface area contributed by atoms with E-state index in [1.165, 1.54) is 6.39 Å². The van der Waals surface area contributed by atoms with Crippen LogP contribution < -0.4 is 0 Å². The number of hydrogen-bond acceptors (Lipinski definition) is 3. The van der Waals surface area contributed by atoms with Crippen LogP contribution in [0, 0.1) is 0 Å². The van der Waals surface area contributed by atoms with Gasteiger partial charge in [-0.3, -0.25) is 0 Å². The molecule has 0 aliphatic heterocycles. The van der Waals surface area contributed by atoms with Crippen LogP contribution in [0.5, 0.6) is 0 Å². The van der Waals surface area contributed by atoms with E-state index in [9.17, 15) is 0 Å². The summed E-state index contributed by atoms with van der Waals surface area (Å²) >= 11 is 0. The maximum Gasteiger partial charge on any atom is 0.181 e. The molecule has 0 bridgehead atoms. The van der Waals surface area contributed by atoms with Gasteiger partial charge in [0.25, 0.3) is 0 Å². The number of nitrogens with zero attached hydrogens (tertiary/aromatic N) is 1. The molecule has 2 aromatic rings. The first-order chi connectivity index (χ1) is 6.40. The van der Waals surface area contributed by atoms with Crippen molar-refractivity contribution in [3.8, 4) is 11.3 Å². The molecule has 0 unspecified atom stereocenters. The Labute approximate surface area is 75.7 Å². The van der Waals surface area contributed by atoms with Gasteiger partial charge in [-0.2, -0.15) is 0 Å². The predicted molar refractivity (Wildman–Crippen MR) is 47.9 cm³/mol. The van der Waals surface area contributed by atoms with E-state index in [1.54, 1.807) is 6.20 Å². The average Bonchev–Trinajstić information content (AvgIpc) is 2.71. The van der Waals surface area contributed by atoms with Crippen LogP contribution >= 0.6 is 0 Å².